The van der Waals surface area contributed by atoms with Crippen LogP contribution in [0.25, 0.3) is 0 Å². The van der Waals surface area contributed by atoms with Gasteiger partial charge in [-0.2, -0.15) is 4.31 Å². The van der Waals surface area contributed by atoms with Gasteiger partial charge in [-0.15, -0.1) is 11.3 Å². The zero-order valence-corrected chi connectivity index (χ0v) is 17.5. The lowest BCUT2D eigenvalue weighted by atomic mass is 10.2. The second kappa shape index (κ2) is 6.99. The number of rotatable bonds is 4. The predicted molar refractivity (Wildman–Crippen MR) is 103 cm³/mol. The summed E-state index contributed by atoms with van der Waals surface area (Å²) in [6, 6.07) is 10.1. The highest BCUT2D eigenvalue weighted by Crippen LogP contribution is 2.30. The minimum Gasteiger partial charge on any atom is -0.368 e. The standard InChI is InChI=1S/C15H17BrN2O4S3/c1-24(19,20)13-5-3-2-4-12(13)17-8-10-18(11-9-17)25(21,22)15-7-6-14(16)23-15/h2-7H,8-11H2,1H3. The number of sulfonamides is 1. The van der Waals surface area contributed by atoms with Crippen LogP contribution >= 0.6 is 27.3 Å². The Morgan fingerprint density at radius 3 is 2.16 bits per heavy atom. The van der Waals surface area contributed by atoms with Crippen LogP contribution < -0.4 is 4.90 Å². The molecule has 3 rings (SSSR count). The molecule has 0 saturated carbocycles. The molecule has 1 saturated heterocycles. The Bertz CT molecular complexity index is 978. The van der Waals surface area contributed by atoms with Gasteiger partial charge >= 0.3 is 0 Å². The van der Waals surface area contributed by atoms with E-state index in [9.17, 15) is 16.8 Å². The maximum absolute atomic E-state index is 12.7. The number of sulfone groups is 1. The van der Waals surface area contributed by atoms with E-state index in [0.29, 0.717) is 36.1 Å². The molecule has 1 aromatic carbocycles. The maximum atomic E-state index is 12.7. The molecular weight excluding hydrogens is 448 g/mol. The SMILES string of the molecule is CS(=O)(=O)c1ccccc1N1CCN(S(=O)(=O)c2ccc(Br)s2)CC1. The lowest BCUT2D eigenvalue weighted by Gasteiger charge is -2.35. The largest absolute Gasteiger partial charge is 0.368 e. The predicted octanol–water partition coefficient (Wildman–Crippen LogP) is 2.43. The van der Waals surface area contributed by atoms with Crippen molar-refractivity contribution in [3.63, 3.8) is 0 Å². The number of piperazine rings is 1. The molecule has 0 radical (unpaired) electrons. The van der Waals surface area contributed by atoms with Crippen molar-refractivity contribution >= 4 is 52.8 Å². The average Bonchev–Trinajstić information content (AvgIpc) is 3.01. The molecule has 0 amide bonds. The molecule has 0 N–H and O–H groups in total. The lowest BCUT2D eigenvalue weighted by Crippen LogP contribution is -2.48. The van der Waals surface area contributed by atoms with Crippen LogP contribution in [0.3, 0.4) is 0 Å². The van der Waals surface area contributed by atoms with Gasteiger partial charge in [-0.05, 0) is 40.2 Å². The fourth-order valence-electron chi connectivity index (χ4n) is 2.76. The normalized spacial score (nSPS) is 17.0. The summed E-state index contributed by atoms with van der Waals surface area (Å²) in [6.45, 7) is 1.52. The number of halogens is 1. The highest BCUT2D eigenvalue weighted by atomic mass is 79.9. The average molecular weight is 465 g/mol. The Balaban J connectivity index is 1.79. The van der Waals surface area contributed by atoms with Gasteiger partial charge in [-0.25, -0.2) is 16.8 Å². The van der Waals surface area contributed by atoms with Crippen molar-refractivity contribution in [2.24, 2.45) is 0 Å². The number of benzene rings is 1. The highest BCUT2D eigenvalue weighted by molar-refractivity contribution is 9.11. The smallest absolute Gasteiger partial charge is 0.252 e. The van der Waals surface area contributed by atoms with Crippen LogP contribution in [0, 0.1) is 0 Å². The number of anilines is 1. The van der Waals surface area contributed by atoms with Gasteiger partial charge in [-0.1, -0.05) is 12.1 Å². The molecule has 25 heavy (non-hydrogen) atoms. The van der Waals surface area contributed by atoms with Crippen LogP contribution in [0.2, 0.25) is 0 Å². The monoisotopic (exact) mass is 464 g/mol. The number of hydrogen-bond donors (Lipinski definition) is 0. The first-order valence-electron chi connectivity index (χ1n) is 7.49. The first-order chi connectivity index (χ1) is 11.7. The summed E-state index contributed by atoms with van der Waals surface area (Å²) in [4.78, 5) is 2.20. The molecule has 1 fully saturated rings. The van der Waals surface area contributed by atoms with E-state index >= 15 is 0 Å². The molecule has 1 aliphatic heterocycles. The van der Waals surface area contributed by atoms with Crippen molar-refractivity contribution in [1.82, 2.24) is 4.31 Å². The van der Waals surface area contributed by atoms with Gasteiger partial charge in [0.25, 0.3) is 10.0 Å². The van der Waals surface area contributed by atoms with E-state index < -0.39 is 19.9 Å². The second-order valence-corrected chi connectivity index (χ2v) is 12.3. The molecule has 0 bridgehead atoms. The van der Waals surface area contributed by atoms with Crippen LogP contribution in [0.15, 0.2) is 49.3 Å². The van der Waals surface area contributed by atoms with Gasteiger partial charge in [0.1, 0.15) is 4.21 Å². The van der Waals surface area contributed by atoms with Crippen molar-refractivity contribution in [1.29, 1.82) is 0 Å². The Morgan fingerprint density at radius 2 is 1.60 bits per heavy atom. The minimum atomic E-state index is -3.51. The van der Waals surface area contributed by atoms with Gasteiger partial charge in [0, 0.05) is 32.4 Å². The fraction of sp³-hybridized carbons (Fsp3) is 0.333. The third kappa shape index (κ3) is 3.92. The summed E-state index contributed by atoms with van der Waals surface area (Å²) in [5.74, 6) is 0. The van der Waals surface area contributed by atoms with E-state index in [2.05, 4.69) is 15.9 Å². The Morgan fingerprint density at radius 1 is 0.960 bits per heavy atom. The quantitative estimate of drug-likeness (QED) is 0.694. The first-order valence-corrected chi connectivity index (χ1v) is 12.4. The van der Waals surface area contributed by atoms with E-state index in [0.717, 1.165) is 3.79 Å². The van der Waals surface area contributed by atoms with Crippen LogP contribution in [0.5, 0.6) is 0 Å². The molecule has 0 aliphatic carbocycles. The van der Waals surface area contributed by atoms with E-state index in [4.69, 9.17) is 0 Å². The summed E-state index contributed by atoms with van der Waals surface area (Å²) < 4.78 is 51.8. The summed E-state index contributed by atoms with van der Waals surface area (Å²) in [5.41, 5.74) is 0.626. The zero-order valence-electron chi connectivity index (χ0n) is 13.4. The van der Waals surface area contributed by atoms with Crippen molar-refractivity contribution in [3.8, 4) is 0 Å². The minimum absolute atomic E-state index is 0.272. The third-order valence-corrected chi connectivity index (χ3v) is 9.12. The van der Waals surface area contributed by atoms with Crippen molar-refractivity contribution in [3.05, 3.63) is 40.2 Å². The fourth-order valence-corrected chi connectivity index (χ4v) is 7.25. The number of para-hydroxylation sites is 1. The van der Waals surface area contributed by atoms with Crippen molar-refractivity contribution in [2.45, 2.75) is 9.10 Å². The number of hydrogen-bond acceptors (Lipinski definition) is 6. The molecule has 6 nitrogen and oxygen atoms in total. The summed E-state index contributed by atoms with van der Waals surface area (Å²) in [6.07, 6.45) is 1.18. The second-order valence-electron chi connectivity index (χ2n) is 5.69. The van der Waals surface area contributed by atoms with Crippen LogP contribution in [0.1, 0.15) is 0 Å². The third-order valence-electron chi connectivity index (χ3n) is 3.99. The molecule has 2 heterocycles. The van der Waals surface area contributed by atoms with Gasteiger partial charge in [0.15, 0.2) is 9.84 Å². The van der Waals surface area contributed by atoms with Gasteiger partial charge in [0.05, 0.1) is 14.4 Å². The van der Waals surface area contributed by atoms with Crippen LogP contribution in [-0.4, -0.2) is 53.6 Å². The van der Waals surface area contributed by atoms with E-state index in [1.54, 1.807) is 36.4 Å². The van der Waals surface area contributed by atoms with E-state index in [-0.39, 0.29) is 4.90 Å². The molecule has 136 valence electrons. The van der Waals surface area contributed by atoms with Crippen molar-refractivity contribution < 1.29 is 16.8 Å². The molecule has 1 aliphatic rings. The van der Waals surface area contributed by atoms with Gasteiger partial charge < -0.3 is 4.90 Å². The summed E-state index contributed by atoms with van der Waals surface area (Å²) in [5, 5.41) is 0. The molecule has 0 spiro atoms. The van der Waals surface area contributed by atoms with Crippen LogP contribution in [-0.2, 0) is 19.9 Å². The Hall–Kier alpha value is -0.940. The van der Waals surface area contributed by atoms with E-state index in [1.807, 2.05) is 4.90 Å². The number of thiophene rings is 1. The highest BCUT2D eigenvalue weighted by Gasteiger charge is 2.30. The Kier molecular flexibility index (Phi) is 5.27. The lowest BCUT2D eigenvalue weighted by molar-refractivity contribution is 0.385. The summed E-state index contributed by atoms with van der Waals surface area (Å²) >= 11 is 4.47. The molecule has 2 aromatic rings. The molecule has 0 unspecified atom stereocenters. The number of nitrogens with zero attached hydrogens (tertiary/aromatic N) is 2. The molecule has 1 aromatic heterocycles. The van der Waals surface area contributed by atoms with Gasteiger partial charge in [0.2, 0.25) is 0 Å². The molecule has 0 atom stereocenters. The molecular formula is C15H17BrN2O4S3. The molecule has 10 heteroatoms. The Labute approximate surface area is 160 Å². The summed E-state index contributed by atoms with van der Waals surface area (Å²) in [7, 11) is -6.85. The first kappa shape index (κ1) is 18.8. The van der Waals surface area contributed by atoms with Crippen LogP contribution in [0.4, 0.5) is 5.69 Å². The van der Waals surface area contributed by atoms with Crippen molar-refractivity contribution in [2.75, 3.05) is 37.3 Å². The van der Waals surface area contributed by atoms with E-state index in [1.165, 1.54) is 21.9 Å². The zero-order chi connectivity index (χ0) is 18.2. The van der Waals surface area contributed by atoms with Gasteiger partial charge in [-0.3, -0.25) is 0 Å². The maximum Gasteiger partial charge on any atom is 0.252 e. The topological polar surface area (TPSA) is 74.8 Å².